The van der Waals surface area contributed by atoms with Crippen LogP contribution in [0.4, 0.5) is 0 Å². The van der Waals surface area contributed by atoms with Crippen LogP contribution in [-0.2, 0) is 10.0 Å². The Balaban J connectivity index is 1.49. The van der Waals surface area contributed by atoms with Crippen LogP contribution in [0.25, 0.3) is 33.2 Å². The summed E-state index contributed by atoms with van der Waals surface area (Å²) < 4.78 is 28.3. The number of fused-ring (bicyclic) bond motifs is 2. The minimum absolute atomic E-state index is 0.145. The molecule has 36 heavy (non-hydrogen) atoms. The van der Waals surface area contributed by atoms with Crippen LogP contribution < -0.4 is 0 Å². The number of rotatable bonds is 4. The number of pyridine rings is 1. The van der Waals surface area contributed by atoms with Crippen molar-refractivity contribution in [2.75, 3.05) is 0 Å². The highest BCUT2D eigenvalue weighted by Gasteiger charge is 2.25. The normalized spacial score (nSPS) is 11.8. The number of benzene rings is 3. The third-order valence-electron chi connectivity index (χ3n) is 5.63. The maximum atomic E-state index is 13.1. The summed E-state index contributed by atoms with van der Waals surface area (Å²) in [4.78, 5) is 17.0. The summed E-state index contributed by atoms with van der Waals surface area (Å²) in [6.07, 6.45) is 1.40. The summed E-state index contributed by atoms with van der Waals surface area (Å²) in [5.41, 5.74) is 3.18. The van der Waals surface area contributed by atoms with Gasteiger partial charge in [0, 0.05) is 27.9 Å². The van der Waals surface area contributed by atoms with Crippen LogP contribution in [-0.4, -0.2) is 48.7 Å². The van der Waals surface area contributed by atoms with Crippen molar-refractivity contribution in [3.63, 3.8) is 0 Å². The Hall–Kier alpha value is -4.48. The molecule has 0 spiro atoms. The van der Waals surface area contributed by atoms with Gasteiger partial charge < -0.3 is 0 Å². The fraction of sp³-hybridized carbons (Fsp3) is 0. The highest BCUT2D eigenvalue weighted by molar-refractivity contribution is 7.89. The number of hydrogen-bond acceptors (Lipinski definition) is 8. The second-order valence-corrected chi connectivity index (χ2v) is 9.92. The number of aromatic nitrogens is 7. The Morgan fingerprint density at radius 3 is 2.11 bits per heavy atom. The van der Waals surface area contributed by atoms with Gasteiger partial charge in [0.15, 0.2) is 5.03 Å². The van der Waals surface area contributed by atoms with E-state index in [1.807, 2.05) is 0 Å². The van der Waals surface area contributed by atoms with E-state index < -0.39 is 10.0 Å². The largest absolute Gasteiger partial charge is 0.302 e. The molecule has 12 heteroatoms. The molecule has 0 N–H and O–H groups in total. The van der Waals surface area contributed by atoms with Gasteiger partial charge in [-0.25, -0.2) is 4.98 Å². The quantitative estimate of drug-likeness (QED) is 0.347. The molecular weight excluding hydrogens is 502 g/mol. The SMILES string of the molecule is O=C(c1ccc(Cl)cc1)n1nnc2c(-c3cccc4c3nnn4S(=O)(=O)c3ccccn3)cccc21. The lowest BCUT2D eigenvalue weighted by Crippen LogP contribution is -2.15. The first-order chi connectivity index (χ1) is 17.4. The summed E-state index contributed by atoms with van der Waals surface area (Å²) in [5.74, 6) is -0.364. The van der Waals surface area contributed by atoms with E-state index in [1.54, 1.807) is 72.8 Å². The number of carbonyl (C=O) groups excluding carboxylic acids is 1. The van der Waals surface area contributed by atoms with E-state index in [-0.39, 0.29) is 16.4 Å². The second kappa shape index (κ2) is 8.33. The predicted molar refractivity (Wildman–Crippen MR) is 132 cm³/mol. The summed E-state index contributed by atoms with van der Waals surface area (Å²) in [5, 5.41) is 16.8. The van der Waals surface area contributed by atoms with Gasteiger partial charge in [-0.3, -0.25) is 4.79 Å². The van der Waals surface area contributed by atoms with Crippen LogP contribution in [0.3, 0.4) is 0 Å². The average molecular weight is 516 g/mol. The van der Waals surface area contributed by atoms with Crippen molar-refractivity contribution in [2.45, 2.75) is 5.03 Å². The number of nitrogens with zero attached hydrogens (tertiary/aromatic N) is 7. The smallest absolute Gasteiger partial charge is 0.267 e. The van der Waals surface area contributed by atoms with Crippen molar-refractivity contribution < 1.29 is 13.2 Å². The molecule has 10 nitrogen and oxygen atoms in total. The van der Waals surface area contributed by atoms with Gasteiger partial charge in [-0.2, -0.15) is 13.1 Å². The summed E-state index contributed by atoms with van der Waals surface area (Å²) >= 11 is 5.94. The molecular formula is C24H14ClN7O3S. The van der Waals surface area contributed by atoms with Crippen molar-refractivity contribution in [1.29, 1.82) is 0 Å². The van der Waals surface area contributed by atoms with Crippen LogP contribution in [0.15, 0.2) is 90.1 Å². The van der Waals surface area contributed by atoms with E-state index in [0.29, 0.717) is 38.3 Å². The molecule has 3 aromatic carbocycles. The van der Waals surface area contributed by atoms with Crippen molar-refractivity contribution in [3.8, 4) is 11.1 Å². The van der Waals surface area contributed by atoms with E-state index in [0.717, 1.165) is 4.09 Å². The van der Waals surface area contributed by atoms with E-state index in [4.69, 9.17) is 11.6 Å². The lowest BCUT2D eigenvalue weighted by atomic mass is 10.0. The highest BCUT2D eigenvalue weighted by Crippen LogP contribution is 2.32. The lowest BCUT2D eigenvalue weighted by molar-refractivity contribution is 0.0948. The van der Waals surface area contributed by atoms with Gasteiger partial charge in [0.25, 0.3) is 5.91 Å². The Bertz CT molecular complexity index is 1880. The number of carbonyl (C=O) groups is 1. The topological polar surface area (TPSA) is 126 Å². The summed E-state index contributed by atoms with van der Waals surface area (Å²) in [6.45, 7) is 0. The van der Waals surface area contributed by atoms with E-state index >= 15 is 0 Å². The Morgan fingerprint density at radius 2 is 1.42 bits per heavy atom. The fourth-order valence-electron chi connectivity index (χ4n) is 3.93. The molecule has 0 amide bonds. The molecule has 0 atom stereocenters. The van der Waals surface area contributed by atoms with Gasteiger partial charge in [0.2, 0.25) is 0 Å². The maximum Gasteiger partial charge on any atom is 0.302 e. The summed E-state index contributed by atoms with van der Waals surface area (Å²) in [6, 6.07) is 21.5. The molecule has 0 saturated heterocycles. The molecule has 0 fully saturated rings. The zero-order chi connectivity index (χ0) is 24.9. The van der Waals surface area contributed by atoms with Gasteiger partial charge in [-0.15, -0.1) is 14.3 Å². The van der Waals surface area contributed by atoms with Crippen molar-refractivity contribution >= 4 is 49.6 Å². The minimum Gasteiger partial charge on any atom is -0.267 e. The Kier molecular flexibility index (Phi) is 5.09. The predicted octanol–water partition coefficient (Wildman–Crippen LogP) is 3.82. The average Bonchev–Trinajstić information content (AvgIpc) is 3.54. The summed E-state index contributed by atoms with van der Waals surface area (Å²) in [7, 11) is -4.06. The first-order valence-corrected chi connectivity index (χ1v) is 12.4. The molecule has 0 saturated carbocycles. The zero-order valence-electron chi connectivity index (χ0n) is 18.2. The van der Waals surface area contributed by atoms with Gasteiger partial charge in [0.1, 0.15) is 16.6 Å². The van der Waals surface area contributed by atoms with Gasteiger partial charge in [0.05, 0.1) is 5.52 Å². The molecule has 0 aliphatic rings. The first-order valence-electron chi connectivity index (χ1n) is 10.6. The number of hydrogen-bond donors (Lipinski definition) is 0. The molecule has 3 aromatic heterocycles. The molecule has 0 bridgehead atoms. The molecule has 176 valence electrons. The van der Waals surface area contributed by atoms with Gasteiger partial charge in [-0.1, -0.05) is 52.4 Å². The van der Waals surface area contributed by atoms with Crippen LogP contribution >= 0.6 is 11.6 Å². The zero-order valence-corrected chi connectivity index (χ0v) is 19.8. The van der Waals surface area contributed by atoms with Crippen LogP contribution in [0, 0.1) is 0 Å². The molecule has 0 radical (unpaired) electrons. The van der Waals surface area contributed by atoms with Crippen LogP contribution in [0.1, 0.15) is 10.4 Å². The third-order valence-corrected chi connectivity index (χ3v) is 7.37. The van der Waals surface area contributed by atoms with Gasteiger partial charge in [-0.05, 0) is 48.5 Å². The molecule has 6 aromatic rings. The third kappa shape index (κ3) is 3.44. The first kappa shape index (κ1) is 22.0. The number of halogens is 1. The Morgan fingerprint density at radius 1 is 0.750 bits per heavy atom. The van der Waals surface area contributed by atoms with E-state index in [9.17, 15) is 13.2 Å². The van der Waals surface area contributed by atoms with Crippen molar-refractivity contribution in [1.82, 2.24) is 34.4 Å². The maximum absolute atomic E-state index is 13.1. The second-order valence-electron chi connectivity index (χ2n) is 7.77. The molecule has 0 aliphatic heterocycles. The molecule has 6 rings (SSSR count). The minimum atomic E-state index is -4.06. The monoisotopic (exact) mass is 515 g/mol. The van der Waals surface area contributed by atoms with Crippen LogP contribution in [0.5, 0.6) is 0 Å². The molecule has 3 heterocycles. The van der Waals surface area contributed by atoms with Gasteiger partial charge >= 0.3 is 10.0 Å². The van der Waals surface area contributed by atoms with Crippen LogP contribution in [0.2, 0.25) is 5.02 Å². The van der Waals surface area contributed by atoms with E-state index in [2.05, 4.69) is 25.6 Å². The fourth-order valence-corrected chi connectivity index (χ4v) is 5.22. The lowest BCUT2D eigenvalue weighted by Gasteiger charge is -2.06. The standard InChI is InChI=1S/C24H14ClN7O3S/c25-16-12-10-15(11-13-16)24(33)31-19-7-3-5-17(22(19)27-29-31)18-6-4-8-20-23(18)28-30-32(20)36(34,35)21-9-1-2-14-26-21/h1-14H. The van der Waals surface area contributed by atoms with Crippen molar-refractivity contribution in [3.05, 3.63) is 95.6 Å². The Labute approximate surface area is 208 Å². The highest BCUT2D eigenvalue weighted by atomic mass is 35.5. The van der Waals surface area contributed by atoms with Crippen molar-refractivity contribution in [2.24, 2.45) is 0 Å². The molecule has 0 unspecified atom stereocenters. The molecule has 0 aliphatic carbocycles. The van der Waals surface area contributed by atoms with E-state index in [1.165, 1.54) is 16.9 Å².